The second kappa shape index (κ2) is 12.5. The molecule has 1 nitrogen and oxygen atoms in total. The summed E-state index contributed by atoms with van der Waals surface area (Å²) < 4.78 is 0. The topological polar surface area (TPSA) is 3.24 Å². The van der Waals surface area contributed by atoms with E-state index in [-0.39, 0.29) is 5.41 Å². The number of hydrogen-bond acceptors (Lipinski definition) is 1. The fourth-order valence-electron chi connectivity index (χ4n) is 9.34. The van der Waals surface area contributed by atoms with E-state index in [1.807, 2.05) is 0 Å². The first-order chi connectivity index (χ1) is 27.5. The van der Waals surface area contributed by atoms with E-state index in [4.69, 9.17) is 0 Å². The van der Waals surface area contributed by atoms with E-state index < -0.39 is 0 Å². The zero-order valence-electron chi connectivity index (χ0n) is 31.5. The van der Waals surface area contributed by atoms with E-state index in [1.165, 1.54) is 87.6 Å². The average molecular weight is 714 g/mol. The van der Waals surface area contributed by atoms with Crippen molar-refractivity contribution in [3.05, 3.63) is 211 Å². The van der Waals surface area contributed by atoms with Crippen LogP contribution in [0.4, 0.5) is 17.1 Å². The van der Waals surface area contributed by atoms with Crippen LogP contribution in [0, 0.1) is 0 Å². The number of benzene rings is 10. The van der Waals surface area contributed by atoms with Gasteiger partial charge < -0.3 is 4.90 Å². The molecule has 56 heavy (non-hydrogen) atoms. The van der Waals surface area contributed by atoms with Gasteiger partial charge in [-0.1, -0.05) is 172 Å². The second-order valence-electron chi connectivity index (χ2n) is 15.7. The molecule has 10 aromatic rings. The molecule has 0 radical (unpaired) electrons. The molecule has 1 aliphatic rings. The third kappa shape index (κ3) is 5.08. The van der Waals surface area contributed by atoms with E-state index in [1.54, 1.807) is 0 Å². The highest BCUT2D eigenvalue weighted by atomic mass is 15.1. The Kier molecular flexibility index (Phi) is 7.28. The monoisotopic (exact) mass is 713 g/mol. The van der Waals surface area contributed by atoms with Crippen LogP contribution < -0.4 is 4.90 Å². The van der Waals surface area contributed by atoms with Gasteiger partial charge in [0.05, 0.1) is 5.69 Å². The summed E-state index contributed by atoms with van der Waals surface area (Å²) in [6.45, 7) is 4.72. The summed E-state index contributed by atoms with van der Waals surface area (Å²) in [6, 6.07) is 74.0. The number of nitrogens with zero attached hydrogens (tertiary/aromatic N) is 1. The molecule has 0 saturated heterocycles. The second-order valence-corrected chi connectivity index (χ2v) is 15.7. The van der Waals surface area contributed by atoms with Crippen molar-refractivity contribution in [2.75, 3.05) is 4.90 Å². The highest BCUT2D eigenvalue weighted by Gasteiger charge is 2.35. The zero-order valence-corrected chi connectivity index (χ0v) is 31.5. The van der Waals surface area contributed by atoms with Gasteiger partial charge >= 0.3 is 0 Å². The zero-order chi connectivity index (χ0) is 37.4. The van der Waals surface area contributed by atoms with Gasteiger partial charge in [0.1, 0.15) is 0 Å². The molecule has 1 aliphatic carbocycles. The van der Waals surface area contributed by atoms with Gasteiger partial charge in [0.2, 0.25) is 0 Å². The summed E-state index contributed by atoms with van der Waals surface area (Å²) >= 11 is 0. The van der Waals surface area contributed by atoms with Gasteiger partial charge in [-0.05, 0) is 124 Å². The van der Waals surface area contributed by atoms with Crippen molar-refractivity contribution in [2.24, 2.45) is 0 Å². The van der Waals surface area contributed by atoms with Crippen LogP contribution in [-0.2, 0) is 5.41 Å². The summed E-state index contributed by atoms with van der Waals surface area (Å²) in [6.07, 6.45) is 0. The van der Waals surface area contributed by atoms with E-state index >= 15 is 0 Å². The minimum absolute atomic E-state index is 0.107. The van der Waals surface area contributed by atoms with Gasteiger partial charge in [-0.2, -0.15) is 0 Å². The van der Waals surface area contributed by atoms with Crippen molar-refractivity contribution in [1.29, 1.82) is 0 Å². The Bertz CT molecular complexity index is 3170. The largest absolute Gasteiger partial charge is 0.310 e. The summed E-state index contributed by atoms with van der Waals surface area (Å²) in [5.74, 6) is 0. The highest BCUT2D eigenvalue weighted by molar-refractivity contribution is 6.17. The molecule has 0 fully saturated rings. The Morgan fingerprint density at radius 3 is 1.71 bits per heavy atom. The van der Waals surface area contributed by atoms with Crippen molar-refractivity contribution < 1.29 is 0 Å². The third-order valence-corrected chi connectivity index (χ3v) is 12.2. The molecule has 0 N–H and O–H groups in total. The molecule has 0 aromatic heterocycles. The lowest BCUT2D eigenvalue weighted by atomic mass is 9.82. The predicted octanol–water partition coefficient (Wildman–Crippen LogP) is 15.4. The number of rotatable bonds is 5. The Hall–Kier alpha value is -6.96. The molecule has 264 valence electrons. The molecule has 0 spiro atoms. The maximum Gasteiger partial charge on any atom is 0.0540 e. The van der Waals surface area contributed by atoms with Crippen LogP contribution in [0.3, 0.4) is 0 Å². The quantitative estimate of drug-likeness (QED) is 0.161. The molecule has 1 heteroatoms. The Morgan fingerprint density at radius 2 is 0.875 bits per heavy atom. The summed E-state index contributed by atoms with van der Waals surface area (Å²) in [4.78, 5) is 2.45. The first-order valence-electron chi connectivity index (χ1n) is 19.6. The maximum absolute atomic E-state index is 2.45. The van der Waals surface area contributed by atoms with Crippen LogP contribution in [0.15, 0.2) is 200 Å². The molecule has 0 bridgehead atoms. The van der Waals surface area contributed by atoms with Crippen LogP contribution in [0.5, 0.6) is 0 Å². The Balaban J connectivity index is 1.04. The van der Waals surface area contributed by atoms with Gasteiger partial charge in [-0.15, -0.1) is 0 Å². The Labute approximate surface area is 327 Å². The molecule has 0 amide bonds. The van der Waals surface area contributed by atoms with Gasteiger partial charge in [-0.3, -0.25) is 0 Å². The first-order valence-corrected chi connectivity index (χ1v) is 19.6. The maximum atomic E-state index is 2.45. The summed E-state index contributed by atoms with van der Waals surface area (Å²) in [5, 5.41) is 10.2. The van der Waals surface area contributed by atoms with Gasteiger partial charge in [-0.25, -0.2) is 0 Å². The average Bonchev–Trinajstić information content (AvgIpc) is 3.49. The molecule has 0 aliphatic heterocycles. The number of fused-ring (bicyclic) bond motifs is 9. The minimum atomic E-state index is -0.107. The smallest absolute Gasteiger partial charge is 0.0540 e. The van der Waals surface area contributed by atoms with Crippen molar-refractivity contribution >= 4 is 60.2 Å². The van der Waals surface area contributed by atoms with Gasteiger partial charge in [0, 0.05) is 22.4 Å². The van der Waals surface area contributed by atoms with Crippen LogP contribution in [0.1, 0.15) is 25.0 Å². The van der Waals surface area contributed by atoms with Crippen LogP contribution in [0.25, 0.3) is 76.5 Å². The van der Waals surface area contributed by atoms with Crippen molar-refractivity contribution in [3.8, 4) is 33.4 Å². The lowest BCUT2D eigenvalue weighted by Gasteiger charge is -2.30. The standard InChI is InChI=1S/C55H39N/c1-55(2)52-17-9-7-16-50(52)51-32-28-44(35-53(51)55)56(54-18-10-8-15-47(54)42-20-19-36-11-3-4-13-39(36)33-42)43-26-21-37(22-27-43)40-24-29-46-41(34-40)25-31-48-45-14-6-5-12-38(45)23-30-49(46)48/h3-35H,1-2H3. The lowest BCUT2D eigenvalue weighted by Crippen LogP contribution is -2.16. The molecule has 11 rings (SSSR count). The van der Waals surface area contributed by atoms with Gasteiger partial charge in [0.15, 0.2) is 0 Å². The van der Waals surface area contributed by atoms with Gasteiger partial charge in [0.25, 0.3) is 0 Å². The molecular formula is C55H39N. The van der Waals surface area contributed by atoms with Crippen LogP contribution in [-0.4, -0.2) is 0 Å². The molecule has 0 unspecified atom stereocenters. The number of hydrogen-bond donors (Lipinski definition) is 0. The molecule has 10 aromatic carbocycles. The van der Waals surface area contributed by atoms with E-state index in [0.29, 0.717) is 0 Å². The molecule has 0 saturated carbocycles. The molecule has 0 atom stereocenters. The van der Waals surface area contributed by atoms with Crippen molar-refractivity contribution in [2.45, 2.75) is 19.3 Å². The normalized spacial score (nSPS) is 13.0. The van der Waals surface area contributed by atoms with Crippen molar-refractivity contribution in [3.63, 3.8) is 0 Å². The van der Waals surface area contributed by atoms with E-state index in [0.717, 1.165) is 17.1 Å². The predicted molar refractivity (Wildman–Crippen MR) is 240 cm³/mol. The summed E-state index contributed by atoms with van der Waals surface area (Å²) in [7, 11) is 0. The highest BCUT2D eigenvalue weighted by Crippen LogP contribution is 2.51. The van der Waals surface area contributed by atoms with E-state index in [9.17, 15) is 0 Å². The van der Waals surface area contributed by atoms with E-state index in [2.05, 4.69) is 219 Å². The minimum Gasteiger partial charge on any atom is -0.310 e. The molecular weight excluding hydrogens is 675 g/mol. The Morgan fingerprint density at radius 1 is 0.321 bits per heavy atom. The first kappa shape index (κ1) is 32.5. The fourth-order valence-corrected chi connectivity index (χ4v) is 9.34. The number of anilines is 3. The number of para-hydroxylation sites is 1. The van der Waals surface area contributed by atoms with Crippen LogP contribution >= 0.6 is 0 Å². The summed E-state index contributed by atoms with van der Waals surface area (Å²) in [5.41, 5.74) is 13.5. The van der Waals surface area contributed by atoms with Crippen molar-refractivity contribution in [1.82, 2.24) is 0 Å². The SMILES string of the molecule is CC1(C)c2ccccc2-c2ccc(N(c3ccc(-c4ccc5c(ccc6c7ccccc7ccc56)c4)cc3)c3ccccc3-c3ccc4ccccc4c3)cc21. The molecule has 0 heterocycles. The lowest BCUT2D eigenvalue weighted by molar-refractivity contribution is 0.660. The fraction of sp³-hybridized carbons (Fsp3) is 0.0545. The van der Waals surface area contributed by atoms with Crippen LogP contribution in [0.2, 0.25) is 0 Å². The third-order valence-electron chi connectivity index (χ3n) is 12.2.